The maximum atomic E-state index is 12.6. The Balaban J connectivity index is 1.87. The van der Waals surface area contributed by atoms with Gasteiger partial charge in [0, 0.05) is 38.2 Å². The number of nitrogens with zero attached hydrogens (tertiary/aromatic N) is 3. The van der Waals surface area contributed by atoms with E-state index in [4.69, 9.17) is 0 Å². The number of carbonyl (C=O) groups excluding carboxylic acids is 2. The molecule has 0 spiro atoms. The van der Waals surface area contributed by atoms with Crippen LogP contribution >= 0.6 is 0 Å². The predicted octanol–water partition coefficient (Wildman–Crippen LogP) is 3.00. The number of aromatic nitrogens is 1. The molecule has 0 saturated heterocycles. The third kappa shape index (κ3) is 5.62. The summed E-state index contributed by atoms with van der Waals surface area (Å²) in [5.74, 6) is 0.171. The average Bonchev–Trinajstić information content (AvgIpc) is 3.43. The molecule has 0 aromatic carbocycles. The fourth-order valence-electron chi connectivity index (χ4n) is 2.89. The Morgan fingerprint density at radius 2 is 1.75 bits per heavy atom. The number of hydrogen-bond donors (Lipinski definition) is 0. The molecule has 0 bridgehead atoms. The van der Waals surface area contributed by atoms with E-state index >= 15 is 0 Å². The van der Waals surface area contributed by atoms with Crippen molar-refractivity contribution in [2.24, 2.45) is 0 Å². The smallest absolute Gasteiger partial charge is 0.223 e. The maximum absolute atomic E-state index is 12.6. The highest BCUT2D eigenvalue weighted by atomic mass is 16.2. The lowest BCUT2D eigenvalue weighted by atomic mass is 10.2. The normalized spacial score (nSPS) is 13.6. The van der Waals surface area contributed by atoms with Gasteiger partial charge in [0.15, 0.2) is 0 Å². The van der Waals surface area contributed by atoms with Crippen molar-refractivity contribution < 1.29 is 9.59 Å². The third-order valence-corrected chi connectivity index (χ3v) is 4.26. The van der Waals surface area contributed by atoms with E-state index in [0.29, 0.717) is 25.4 Å². The van der Waals surface area contributed by atoms with Gasteiger partial charge in [-0.2, -0.15) is 0 Å². The van der Waals surface area contributed by atoms with Crippen molar-refractivity contribution in [3.8, 4) is 0 Å². The zero-order chi connectivity index (χ0) is 17.4. The second kappa shape index (κ2) is 9.40. The van der Waals surface area contributed by atoms with Gasteiger partial charge in [-0.25, -0.2) is 0 Å². The molecule has 1 aliphatic carbocycles. The fourth-order valence-corrected chi connectivity index (χ4v) is 2.89. The van der Waals surface area contributed by atoms with Crippen molar-refractivity contribution in [3.05, 3.63) is 30.1 Å². The lowest BCUT2D eigenvalue weighted by Gasteiger charge is -2.24. The summed E-state index contributed by atoms with van der Waals surface area (Å²) in [5.41, 5.74) is 0.905. The van der Waals surface area contributed by atoms with Crippen LogP contribution in [0.15, 0.2) is 24.4 Å². The van der Waals surface area contributed by atoms with Crippen molar-refractivity contribution in [1.29, 1.82) is 0 Å². The highest BCUT2D eigenvalue weighted by Gasteiger charge is 2.32. The minimum atomic E-state index is 0.0736. The van der Waals surface area contributed by atoms with Crippen LogP contribution in [0.1, 0.15) is 58.1 Å². The van der Waals surface area contributed by atoms with Gasteiger partial charge in [-0.15, -0.1) is 0 Å². The Morgan fingerprint density at radius 1 is 1.08 bits per heavy atom. The zero-order valence-electron chi connectivity index (χ0n) is 14.9. The molecule has 1 aliphatic rings. The van der Waals surface area contributed by atoms with E-state index in [0.717, 1.165) is 44.5 Å². The first kappa shape index (κ1) is 18.4. The summed E-state index contributed by atoms with van der Waals surface area (Å²) in [5, 5.41) is 0. The minimum Gasteiger partial charge on any atom is -0.343 e. The van der Waals surface area contributed by atoms with Crippen LogP contribution in [0.2, 0.25) is 0 Å². The van der Waals surface area contributed by atoms with Crippen molar-refractivity contribution in [2.75, 3.05) is 13.1 Å². The van der Waals surface area contributed by atoms with Gasteiger partial charge in [-0.1, -0.05) is 19.9 Å². The van der Waals surface area contributed by atoms with Crippen LogP contribution in [-0.4, -0.2) is 45.7 Å². The molecule has 0 unspecified atom stereocenters. The molecule has 2 amide bonds. The molecule has 24 heavy (non-hydrogen) atoms. The van der Waals surface area contributed by atoms with E-state index in [2.05, 4.69) is 18.8 Å². The maximum Gasteiger partial charge on any atom is 0.223 e. The van der Waals surface area contributed by atoms with Gasteiger partial charge in [0.2, 0.25) is 11.8 Å². The first-order valence-corrected chi connectivity index (χ1v) is 9.12. The lowest BCUT2D eigenvalue weighted by Crippen LogP contribution is -2.36. The Kier molecular flexibility index (Phi) is 7.22. The summed E-state index contributed by atoms with van der Waals surface area (Å²) in [7, 11) is 0. The lowest BCUT2D eigenvalue weighted by molar-refractivity contribution is -0.137. The van der Waals surface area contributed by atoms with Crippen molar-refractivity contribution >= 4 is 11.8 Å². The fraction of sp³-hybridized carbons (Fsp3) is 0.632. The molecule has 1 fully saturated rings. The molecular weight excluding hydrogens is 302 g/mol. The molecule has 1 aromatic rings. The van der Waals surface area contributed by atoms with E-state index < -0.39 is 0 Å². The van der Waals surface area contributed by atoms with Crippen molar-refractivity contribution in [1.82, 2.24) is 14.8 Å². The third-order valence-electron chi connectivity index (χ3n) is 4.26. The van der Waals surface area contributed by atoms with E-state index in [-0.39, 0.29) is 11.8 Å². The number of hydrogen-bond acceptors (Lipinski definition) is 3. The summed E-state index contributed by atoms with van der Waals surface area (Å²) in [6, 6.07) is 6.09. The van der Waals surface area contributed by atoms with Crippen LogP contribution in [0.4, 0.5) is 0 Å². The van der Waals surface area contributed by atoms with Gasteiger partial charge < -0.3 is 9.80 Å². The Labute approximate surface area is 145 Å². The Bertz CT molecular complexity index is 523. The monoisotopic (exact) mass is 331 g/mol. The highest BCUT2D eigenvalue weighted by Crippen LogP contribution is 2.29. The number of amides is 2. The van der Waals surface area contributed by atoms with Crippen molar-refractivity contribution in [3.63, 3.8) is 0 Å². The molecule has 1 heterocycles. The Hall–Kier alpha value is -1.91. The predicted molar refractivity (Wildman–Crippen MR) is 94.2 cm³/mol. The molecule has 1 aromatic heterocycles. The van der Waals surface area contributed by atoms with E-state index in [1.165, 1.54) is 0 Å². The summed E-state index contributed by atoms with van der Waals surface area (Å²) in [6.07, 6.45) is 6.38. The van der Waals surface area contributed by atoms with E-state index in [1.807, 2.05) is 28.0 Å². The molecular formula is C19H29N3O2. The number of pyridine rings is 1. The molecule has 2 rings (SSSR count). The summed E-state index contributed by atoms with van der Waals surface area (Å²) >= 11 is 0. The first-order valence-electron chi connectivity index (χ1n) is 9.12. The van der Waals surface area contributed by atoms with Gasteiger partial charge in [0.1, 0.15) is 0 Å². The second-order valence-corrected chi connectivity index (χ2v) is 6.45. The average molecular weight is 331 g/mol. The largest absolute Gasteiger partial charge is 0.343 e. The van der Waals surface area contributed by atoms with E-state index in [9.17, 15) is 9.59 Å². The van der Waals surface area contributed by atoms with Crippen LogP contribution in [0.3, 0.4) is 0 Å². The van der Waals surface area contributed by atoms with Gasteiger partial charge in [-0.05, 0) is 37.8 Å². The van der Waals surface area contributed by atoms with Crippen LogP contribution in [-0.2, 0) is 16.1 Å². The summed E-state index contributed by atoms with van der Waals surface area (Å²) in [6.45, 7) is 6.25. The SMILES string of the molecule is CCCN(CCC)C(=O)CCC(=O)N(Cc1ccccn1)C1CC1. The second-order valence-electron chi connectivity index (χ2n) is 6.45. The number of carbonyl (C=O) groups is 2. The topological polar surface area (TPSA) is 53.5 Å². The van der Waals surface area contributed by atoms with Crippen molar-refractivity contribution in [2.45, 2.75) is 65.0 Å². The van der Waals surface area contributed by atoms with Crippen LogP contribution in [0, 0.1) is 0 Å². The van der Waals surface area contributed by atoms with Gasteiger partial charge in [0.25, 0.3) is 0 Å². The van der Waals surface area contributed by atoms with Gasteiger partial charge in [0.05, 0.1) is 12.2 Å². The van der Waals surface area contributed by atoms with E-state index in [1.54, 1.807) is 6.20 Å². The van der Waals surface area contributed by atoms with Crippen LogP contribution < -0.4 is 0 Å². The highest BCUT2D eigenvalue weighted by molar-refractivity contribution is 5.84. The minimum absolute atomic E-state index is 0.0736. The first-order chi connectivity index (χ1) is 11.7. The molecule has 1 saturated carbocycles. The van der Waals surface area contributed by atoms with Crippen LogP contribution in [0.25, 0.3) is 0 Å². The molecule has 0 radical (unpaired) electrons. The van der Waals surface area contributed by atoms with Gasteiger partial charge in [-0.3, -0.25) is 14.6 Å². The molecule has 5 nitrogen and oxygen atoms in total. The number of rotatable bonds is 10. The quantitative estimate of drug-likeness (QED) is 0.662. The molecule has 5 heteroatoms. The summed E-state index contributed by atoms with van der Waals surface area (Å²) < 4.78 is 0. The molecule has 132 valence electrons. The molecule has 0 N–H and O–H groups in total. The standard InChI is InChI=1S/C19H29N3O2/c1-3-13-21(14-4-2)18(23)10-11-19(24)22(17-8-9-17)15-16-7-5-6-12-20-16/h5-7,12,17H,3-4,8-11,13-15H2,1-2H3. The molecule has 0 aliphatic heterocycles. The summed E-state index contributed by atoms with van der Waals surface area (Å²) in [4.78, 5) is 33.0. The van der Waals surface area contributed by atoms with Crippen LogP contribution in [0.5, 0.6) is 0 Å². The van der Waals surface area contributed by atoms with Gasteiger partial charge >= 0.3 is 0 Å². The molecule has 0 atom stereocenters. The Morgan fingerprint density at radius 3 is 2.29 bits per heavy atom. The zero-order valence-corrected chi connectivity index (χ0v) is 14.9.